The van der Waals surface area contributed by atoms with Gasteiger partial charge < -0.3 is 15.2 Å². The van der Waals surface area contributed by atoms with Gasteiger partial charge in [-0.25, -0.2) is 8.42 Å². The Morgan fingerprint density at radius 3 is 2.76 bits per heavy atom. The van der Waals surface area contributed by atoms with Gasteiger partial charge in [-0.2, -0.15) is 0 Å². The molecule has 2 N–H and O–H groups in total. The summed E-state index contributed by atoms with van der Waals surface area (Å²) in [7, 11) is -1.18. The van der Waals surface area contributed by atoms with E-state index < -0.39 is 9.84 Å². The fourth-order valence-corrected chi connectivity index (χ4v) is 3.11. The lowest BCUT2D eigenvalue weighted by molar-refractivity contribution is 0.174. The number of hydrogen-bond donors (Lipinski definition) is 1. The van der Waals surface area contributed by atoms with Crippen LogP contribution in [0.5, 0.6) is 11.5 Å². The third-order valence-electron chi connectivity index (χ3n) is 3.40. The van der Waals surface area contributed by atoms with Gasteiger partial charge in [0.15, 0.2) is 11.5 Å². The summed E-state index contributed by atoms with van der Waals surface area (Å²) in [4.78, 5) is 1.90. The second-order valence-electron chi connectivity index (χ2n) is 5.10. The maximum Gasteiger partial charge on any atom is 0.231 e. The van der Waals surface area contributed by atoms with Crippen LogP contribution in [0.15, 0.2) is 12.1 Å². The van der Waals surface area contributed by atoms with E-state index in [4.69, 9.17) is 26.8 Å². The molecule has 1 atom stereocenters. The summed E-state index contributed by atoms with van der Waals surface area (Å²) in [6.07, 6.45) is 1.22. The molecule has 2 rings (SSSR count). The highest BCUT2D eigenvalue weighted by molar-refractivity contribution is 7.90. The molecule has 118 valence electrons. The van der Waals surface area contributed by atoms with E-state index in [0.29, 0.717) is 29.6 Å². The zero-order valence-electron chi connectivity index (χ0n) is 12.0. The van der Waals surface area contributed by atoms with Crippen molar-refractivity contribution in [3.63, 3.8) is 0 Å². The molecular formula is C13H19ClN2O4S. The van der Waals surface area contributed by atoms with Gasteiger partial charge in [0.1, 0.15) is 9.84 Å². The lowest BCUT2D eigenvalue weighted by Crippen LogP contribution is -2.34. The van der Waals surface area contributed by atoms with E-state index in [1.165, 1.54) is 6.26 Å². The first-order valence-electron chi connectivity index (χ1n) is 6.49. The zero-order valence-corrected chi connectivity index (χ0v) is 13.6. The van der Waals surface area contributed by atoms with Crippen molar-refractivity contribution in [2.45, 2.75) is 6.04 Å². The molecule has 1 unspecified atom stereocenters. The Kier molecular flexibility index (Phi) is 4.98. The maximum absolute atomic E-state index is 11.3. The first-order chi connectivity index (χ1) is 9.81. The van der Waals surface area contributed by atoms with Crippen molar-refractivity contribution in [2.24, 2.45) is 5.73 Å². The van der Waals surface area contributed by atoms with Gasteiger partial charge in [-0.1, -0.05) is 11.6 Å². The monoisotopic (exact) mass is 334 g/mol. The summed E-state index contributed by atoms with van der Waals surface area (Å²) >= 11 is 6.17. The van der Waals surface area contributed by atoms with Crippen LogP contribution < -0.4 is 15.2 Å². The molecule has 6 nitrogen and oxygen atoms in total. The second-order valence-corrected chi connectivity index (χ2v) is 7.77. The Morgan fingerprint density at radius 1 is 1.43 bits per heavy atom. The van der Waals surface area contributed by atoms with Crippen molar-refractivity contribution < 1.29 is 17.9 Å². The number of hydrogen-bond acceptors (Lipinski definition) is 6. The number of likely N-dealkylation sites (N-methyl/N-ethyl adjacent to an activating group) is 1. The van der Waals surface area contributed by atoms with Crippen LogP contribution in [0, 0.1) is 0 Å². The molecule has 0 fully saturated rings. The number of nitrogens with zero attached hydrogens (tertiary/aromatic N) is 1. The van der Waals surface area contributed by atoms with E-state index in [1.807, 2.05) is 18.0 Å². The molecule has 1 aliphatic rings. The molecule has 0 amide bonds. The van der Waals surface area contributed by atoms with Crippen LogP contribution in [0.2, 0.25) is 5.02 Å². The lowest BCUT2D eigenvalue weighted by atomic mass is 10.0. The van der Waals surface area contributed by atoms with Gasteiger partial charge in [-0.3, -0.25) is 4.90 Å². The molecule has 0 aliphatic carbocycles. The van der Waals surface area contributed by atoms with Gasteiger partial charge in [-0.05, 0) is 24.7 Å². The van der Waals surface area contributed by atoms with Crippen molar-refractivity contribution >= 4 is 21.4 Å². The van der Waals surface area contributed by atoms with Crippen LogP contribution in [-0.2, 0) is 9.84 Å². The third kappa shape index (κ3) is 4.00. The van der Waals surface area contributed by atoms with Crippen LogP contribution in [0.4, 0.5) is 0 Å². The van der Waals surface area contributed by atoms with Crippen LogP contribution in [0.1, 0.15) is 11.6 Å². The lowest BCUT2D eigenvalue weighted by Gasteiger charge is -2.27. The highest BCUT2D eigenvalue weighted by atomic mass is 35.5. The van der Waals surface area contributed by atoms with Gasteiger partial charge in [0.05, 0.1) is 10.8 Å². The summed E-state index contributed by atoms with van der Waals surface area (Å²) in [6.45, 7) is 0.888. The molecule has 0 radical (unpaired) electrons. The fourth-order valence-electron chi connectivity index (χ4n) is 2.22. The molecule has 0 saturated carbocycles. The zero-order chi connectivity index (χ0) is 15.6. The summed E-state index contributed by atoms with van der Waals surface area (Å²) in [5.74, 6) is 1.21. The predicted octanol–water partition coefficient (Wildman–Crippen LogP) is 1.04. The Labute approximate surface area is 129 Å². The minimum absolute atomic E-state index is 0.0816. The van der Waals surface area contributed by atoms with Crippen LogP contribution >= 0.6 is 11.6 Å². The summed E-state index contributed by atoms with van der Waals surface area (Å²) in [6, 6.07) is 3.48. The molecular weight excluding hydrogens is 316 g/mol. The third-order valence-corrected chi connectivity index (χ3v) is 4.61. The van der Waals surface area contributed by atoms with Crippen LogP contribution in [0.3, 0.4) is 0 Å². The molecule has 0 spiro atoms. The quantitative estimate of drug-likeness (QED) is 0.837. The van der Waals surface area contributed by atoms with E-state index in [-0.39, 0.29) is 18.6 Å². The van der Waals surface area contributed by atoms with Gasteiger partial charge in [-0.15, -0.1) is 0 Å². The molecule has 1 heterocycles. The number of halogens is 1. The minimum atomic E-state index is -3.01. The van der Waals surface area contributed by atoms with Crippen molar-refractivity contribution in [3.05, 3.63) is 22.7 Å². The summed E-state index contributed by atoms with van der Waals surface area (Å²) in [5.41, 5.74) is 6.71. The number of nitrogens with two attached hydrogens (primary N) is 1. The SMILES string of the molecule is CN(CCS(C)(=O)=O)C(CN)c1cc(Cl)c2c(c1)OCO2. The number of fused-ring (bicyclic) bond motifs is 1. The molecule has 8 heteroatoms. The molecule has 1 aliphatic heterocycles. The van der Waals surface area contributed by atoms with Gasteiger partial charge in [0.25, 0.3) is 0 Å². The van der Waals surface area contributed by atoms with Crippen molar-refractivity contribution in [3.8, 4) is 11.5 Å². The Hall–Kier alpha value is -1.02. The van der Waals surface area contributed by atoms with Crippen molar-refractivity contribution in [1.29, 1.82) is 0 Å². The van der Waals surface area contributed by atoms with Crippen LogP contribution in [0.25, 0.3) is 0 Å². The number of ether oxygens (including phenoxy) is 2. The maximum atomic E-state index is 11.3. The Bertz CT molecular complexity index is 621. The molecule has 21 heavy (non-hydrogen) atoms. The topological polar surface area (TPSA) is 81.9 Å². The van der Waals surface area contributed by atoms with Gasteiger partial charge in [0, 0.05) is 25.4 Å². The summed E-state index contributed by atoms with van der Waals surface area (Å²) in [5, 5.41) is 0.468. The van der Waals surface area contributed by atoms with Crippen molar-refractivity contribution in [2.75, 3.05) is 38.9 Å². The largest absolute Gasteiger partial charge is 0.454 e. The first-order valence-corrected chi connectivity index (χ1v) is 8.92. The minimum Gasteiger partial charge on any atom is -0.454 e. The summed E-state index contributed by atoms with van der Waals surface area (Å²) < 4.78 is 33.2. The molecule has 1 aromatic rings. The fraction of sp³-hybridized carbons (Fsp3) is 0.538. The van der Waals surface area contributed by atoms with E-state index >= 15 is 0 Å². The number of benzene rings is 1. The van der Waals surface area contributed by atoms with Gasteiger partial charge in [0.2, 0.25) is 6.79 Å². The average Bonchev–Trinajstić information content (AvgIpc) is 2.85. The van der Waals surface area contributed by atoms with Crippen molar-refractivity contribution in [1.82, 2.24) is 4.90 Å². The molecule has 0 aromatic heterocycles. The smallest absolute Gasteiger partial charge is 0.231 e. The first kappa shape index (κ1) is 16.4. The van der Waals surface area contributed by atoms with E-state index in [0.717, 1.165) is 5.56 Å². The second kappa shape index (κ2) is 6.39. The highest BCUT2D eigenvalue weighted by Gasteiger charge is 2.23. The highest BCUT2D eigenvalue weighted by Crippen LogP contribution is 2.41. The Morgan fingerprint density at radius 2 is 2.14 bits per heavy atom. The van der Waals surface area contributed by atoms with E-state index in [9.17, 15) is 8.42 Å². The standard InChI is InChI=1S/C13H19ClN2O4S/c1-16(3-4-21(2,17)18)11(7-15)9-5-10(14)13-12(6-9)19-8-20-13/h5-6,11H,3-4,7-8,15H2,1-2H3. The number of sulfone groups is 1. The number of rotatable bonds is 6. The molecule has 0 bridgehead atoms. The predicted molar refractivity (Wildman–Crippen MR) is 81.7 cm³/mol. The van der Waals surface area contributed by atoms with E-state index in [1.54, 1.807) is 6.07 Å². The average molecular weight is 335 g/mol. The normalized spacial score (nSPS) is 15.5. The Balaban J connectivity index is 2.19. The van der Waals surface area contributed by atoms with E-state index in [2.05, 4.69) is 0 Å². The molecule has 0 saturated heterocycles. The molecule has 1 aromatic carbocycles. The van der Waals surface area contributed by atoms with Gasteiger partial charge >= 0.3 is 0 Å². The van der Waals surface area contributed by atoms with Crippen LogP contribution in [-0.4, -0.2) is 52.3 Å².